The number of carboxylic acid groups (broad SMARTS) is 1. The molecule has 4 rings (SSSR count). The van der Waals surface area contributed by atoms with Gasteiger partial charge in [0.25, 0.3) is 0 Å². The van der Waals surface area contributed by atoms with Crippen molar-refractivity contribution in [2.75, 3.05) is 18.4 Å². The molecule has 0 aliphatic heterocycles. The van der Waals surface area contributed by atoms with Gasteiger partial charge < -0.3 is 26.2 Å². The Morgan fingerprint density at radius 2 is 1.51 bits per heavy atom. The van der Waals surface area contributed by atoms with Gasteiger partial charge >= 0.3 is 12.1 Å². The number of rotatable bonds is 10. The van der Waals surface area contributed by atoms with Gasteiger partial charge in [0, 0.05) is 31.1 Å². The van der Waals surface area contributed by atoms with E-state index in [1.807, 2.05) is 53.8 Å². The highest BCUT2D eigenvalue weighted by Crippen LogP contribution is 2.45. The molecule has 3 aromatic carbocycles. The van der Waals surface area contributed by atoms with E-state index in [2.05, 4.69) is 5.32 Å². The second-order valence-corrected chi connectivity index (χ2v) is 9.00. The Kier molecular flexibility index (Phi) is 8.05. The number of hydrogen-bond acceptors (Lipinski definition) is 5. The van der Waals surface area contributed by atoms with Crippen LogP contribution in [0.4, 0.5) is 15.3 Å². The Morgan fingerprint density at radius 3 is 2.05 bits per heavy atom. The van der Waals surface area contributed by atoms with Gasteiger partial charge in [0.2, 0.25) is 5.91 Å². The maximum Gasteiger partial charge on any atom is 0.407 e. The minimum absolute atomic E-state index is 0.0691. The van der Waals surface area contributed by atoms with Gasteiger partial charge in [0.1, 0.15) is 0 Å². The van der Waals surface area contributed by atoms with Gasteiger partial charge in [-0.2, -0.15) is 0 Å². The molecule has 0 heterocycles. The molecule has 1 aliphatic rings. The summed E-state index contributed by atoms with van der Waals surface area (Å²) in [5.41, 5.74) is 10.9. The van der Waals surface area contributed by atoms with Gasteiger partial charge in [0.15, 0.2) is 0 Å². The number of benzene rings is 3. The monoisotopic (exact) mass is 502 g/mol. The van der Waals surface area contributed by atoms with Crippen LogP contribution < -0.4 is 16.4 Å². The van der Waals surface area contributed by atoms with E-state index < -0.39 is 24.1 Å². The molecule has 0 unspecified atom stereocenters. The normalized spacial score (nSPS) is 12.8. The van der Waals surface area contributed by atoms with E-state index in [1.54, 1.807) is 24.3 Å². The average Bonchev–Trinajstić information content (AvgIpc) is 3.21. The Morgan fingerprint density at radius 1 is 0.919 bits per heavy atom. The van der Waals surface area contributed by atoms with Gasteiger partial charge in [0.05, 0.1) is 12.6 Å². The predicted molar refractivity (Wildman–Crippen MR) is 140 cm³/mol. The SMILES string of the molecule is NC(=O)NC(=O)CC[C@@H](CNc1ccc(CO)cc1)N(CC1c2ccccc2-c2ccccc21)C(=O)O. The van der Waals surface area contributed by atoms with Crippen molar-refractivity contribution in [1.82, 2.24) is 10.2 Å². The summed E-state index contributed by atoms with van der Waals surface area (Å²) in [5, 5.41) is 24.8. The second-order valence-electron chi connectivity index (χ2n) is 9.00. The highest BCUT2D eigenvalue weighted by Gasteiger charge is 2.33. The van der Waals surface area contributed by atoms with E-state index in [4.69, 9.17) is 5.73 Å². The number of hydrogen-bond donors (Lipinski definition) is 5. The second kappa shape index (κ2) is 11.6. The van der Waals surface area contributed by atoms with E-state index in [9.17, 15) is 24.6 Å². The van der Waals surface area contributed by atoms with Gasteiger partial charge in [-0.1, -0.05) is 60.7 Å². The first-order valence-corrected chi connectivity index (χ1v) is 12.1. The highest BCUT2D eigenvalue weighted by atomic mass is 16.4. The molecular formula is C28H30N4O5. The fraction of sp³-hybridized carbons (Fsp3) is 0.250. The van der Waals surface area contributed by atoms with Gasteiger partial charge in [-0.25, -0.2) is 9.59 Å². The van der Waals surface area contributed by atoms with Crippen LogP contribution in [0.1, 0.15) is 35.4 Å². The van der Waals surface area contributed by atoms with Crippen molar-refractivity contribution in [3.8, 4) is 11.1 Å². The van der Waals surface area contributed by atoms with E-state index in [0.717, 1.165) is 33.5 Å². The zero-order valence-electron chi connectivity index (χ0n) is 20.3. The molecule has 4 amide bonds. The Hall–Kier alpha value is -4.37. The minimum Gasteiger partial charge on any atom is -0.465 e. The molecule has 0 bridgehead atoms. The molecule has 0 saturated heterocycles. The Bertz CT molecular complexity index is 1230. The highest BCUT2D eigenvalue weighted by molar-refractivity contribution is 5.93. The number of urea groups is 1. The van der Waals surface area contributed by atoms with Crippen LogP contribution >= 0.6 is 0 Å². The van der Waals surface area contributed by atoms with Crippen molar-refractivity contribution in [3.05, 3.63) is 89.5 Å². The van der Waals surface area contributed by atoms with Crippen LogP contribution in [0, 0.1) is 0 Å². The number of amides is 4. The quantitative estimate of drug-likeness (QED) is 0.286. The fourth-order valence-corrected chi connectivity index (χ4v) is 4.87. The molecule has 3 aromatic rings. The molecule has 0 fully saturated rings. The third-order valence-electron chi connectivity index (χ3n) is 6.67. The van der Waals surface area contributed by atoms with Crippen LogP contribution in [0.15, 0.2) is 72.8 Å². The van der Waals surface area contributed by atoms with Gasteiger partial charge in [-0.3, -0.25) is 10.1 Å². The molecule has 37 heavy (non-hydrogen) atoms. The van der Waals surface area contributed by atoms with Crippen molar-refractivity contribution in [2.45, 2.75) is 31.4 Å². The molecule has 9 heteroatoms. The van der Waals surface area contributed by atoms with E-state index >= 15 is 0 Å². The number of nitrogens with two attached hydrogens (primary N) is 1. The summed E-state index contributed by atoms with van der Waals surface area (Å²) in [4.78, 5) is 37.2. The van der Waals surface area contributed by atoms with Gasteiger partial charge in [-0.15, -0.1) is 0 Å². The molecule has 9 nitrogen and oxygen atoms in total. The molecule has 1 atom stereocenters. The maximum absolute atomic E-state index is 12.6. The van der Waals surface area contributed by atoms with Crippen molar-refractivity contribution in [1.29, 1.82) is 0 Å². The number of nitrogens with zero attached hydrogens (tertiary/aromatic N) is 1. The topological polar surface area (TPSA) is 145 Å². The number of anilines is 1. The number of primary amides is 1. The molecule has 0 spiro atoms. The number of carbonyl (C=O) groups excluding carboxylic acids is 2. The zero-order chi connectivity index (χ0) is 26.4. The average molecular weight is 503 g/mol. The summed E-state index contributed by atoms with van der Waals surface area (Å²) in [5.74, 6) is -0.721. The van der Waals surface area contributed by atoms with Crippen LogP contribution in [0.5, 0.6) is 0 Å². The summed E-state index contributed by atoms with van der Waals surface area (Å²) in [6.07, 6.45) is -0.983. The number of fused-ring (bicyclic) bond motifs is 3. The lowest BCUT2D eigenvalue weighted by Crippen LogP contribution is -2.46. The van der Waals surface area contributed by atoms with Crippen LogP contribution in [0.25, 0.3) is 11.1 Å². The van der Waals surface area contributed by atoms with Crippen molar-refractivity contribution >= 4 is 23.7 Å². The first-order chi connectivity index (χ1) is 17.9. The molecule has 0 radical (unpaired) electrons. The molecule has 6 N–H and O–H groups in total. The lowest BCUT2D eigenvalue weighted by molar-refractivity contribution is -0.120. The third-order valence-corrected chi connectivity index (χ3v) is 6.67. The van der Waals surface area contributed by atoms with Crippen molar-refractivity contribution in [3.63, 3.8) is 0 Å². The number of aliphatic hydroxyl groups excluding tert-OH is 1. The first kappa shape index (κ1) is 25.7. The fourth-order valence-electron chi connectivity index (χ4n) is 4.87. The largest absolute Gasteiger partial charge is 0.465 e. The van der Waals surface area contributed by atoms with Crippen LogP contribution in [0.2, 0.25) is 0 Å². The van der Waals surface area contributed by atoms with Crippen molar-refractivity contribution in [2.24, 2.45) is 5.73 Å². The summed E-state index contributed by atoms with van der Waals surface area (Å²) < 4.78 is 0. The summed E-state index contributed by atoms with van der Waals surface area (Å²) in [6, 6.07) is 21.6. The minimum atomic E-state index is -1.10. The van der Waals surface area contributed by atoms with Crippen LogP contribution in [0.3, 0.4) is 0 Å². The van der Waals surface area contributed by atoms with E-state index in [1.165, 1.54) is 4.90 Å². The zero-order valence-corrected chi connectivity index (χ0v) is 20.3. The molecule has 1 aliphatic carbocycles. The lowest BCUT2D eigenvalue weighted by Gasteiger charge is -2.32. The molecule has 0 saturated carbocycles. The van der Waals surface area contributed by atoms with Crippen molar-refractivity contribution < 1.29 is 24.6 Å². The Balaban J connectivity index is 1.58. The predicted octanol–water partition coefficient (Wildman–Crippen LogP) is 3.73. The lowest BCUT2D eigenvalue weighted by atomic mass is 9.95. The maximum atomic E-state index is 12.6. The van der Waals surface area contributed by atoms with E-state index in [-0.39, 0.29) is 38.5 Å². The summed E-state index contributed by atoms with van der Waals surface area (Å²) in [6.45, 7) is 0.371. The van der Waals surface area contributed by atoms with E-state index in [0.29, 0.717) is 0 Å². The van der Waals surface area contributed by atoms with Crippen LogP contribution in [-0.4, -0.2) is 52.3 Å². The standard InChI is InChI=1S/C28H30N4O5/c29-27(35)31-26(34)14-13-20(15-30-19-11-9-18(17-33)10-12-19)32(28(36)37)16-25-23-7-3-1-5-21(23)22-6-2-4-8-24(22)25/h1-12,20,25,30,33H,13-17H2,(H,36,37)(H3,29,31,34,35)/t20-/m0/s1. The van der Waals surface area contributed by atoms with Crippen LogP contribution in [-0.2, 0) is 11.4 Å². The molecular weight excluding hydrogens is 472 g/mol. The Labute approximate surface area is 214 Å². The number of nitrogens with one attached hydrogen (secondary N) is 2. The van der Waals surface area contributed by atoms with Gasteiger partial charge in [-0.05, 0) is 46.4 Å². The number of aliphatic hydroxyl groups is 1. The molecule has 0 aromatic heterocycles. The third kappa shape index (κ3) is 6.07. The number of imide groups is 1. The first-order valence-electron chi connectivity index (χ1n) is 12.1. The molecule has 192 valence electrons. The number of carbonyl (C=O) groups is 3. The summed E-state index contributed by atoms with van der Waals surface area (Å²) >= 11 is 0. The summed E-state index contributed by atoms with van der Waals surface area (Å²) in [7, 11) is 0. The smallest absolute Gasteiger partial charge is 0.407 e.